The summed E-state index contributed by atoms with van der Waals surface area (Å²) in [5.41, 5.74) is 0.915. The molecule has 4 nitrogen and oxygen atoms in total. The summed E-state index contributed by atoms with van der Waals surface area (Å²) in [7, 11) is 1.79. The molecular formula is C17H23ClN2O2. The molecule has 0 unspecified atom stereocenters. The normalized spacial score (nSPS) is 20.9. The van der Waals surface area contributed by atoms with Gasteiger partial charge in [-0.2, -0.15) is 0 Å². The molecule has 5 heteroatoms. The topological polar surface area (TPSA) is 32.8 Å². The van der Waals surface area contributed by atoms with E-state index in [4.69, 9.17) is 16.3 Å². The first-order valence-electron chi connectivity index (χ1n) is 7.95. The van der Waals surface area contributed by atoms with E-state index in [-0.39, 0.29) is 5.91 Å². The second-order valence-corrected chi connectivity index (χ2v) is 6.60. The summed E-state index contributed by atoms with van der Waals surface area (Å²) in [6, 6.07) is 8.09. The first-order chi connectivity index (χ1) is 10.7. The summed E-state index contributed by atoms with van der Waals surface area (Å²) in [5.74, 6) is 0.177. The summed E-state index contributed by atoms with van der Waals surface area (Å²) < 4.78 is 5.40. The molecule has 0 radical (unpaired) electrons. The molecule has 0 N–H and O–H groups in total. The number of methoxy groups -OCH3 is 1. The number of likely N-dealkylation sites (tertiary alicyclic amines) is 2. The van der Waals surface area contributed by atoms with Gasteiger partial charge in [-0.1, -0.05) is 29.8 Å². The quantitative estimate of drug-likeness (QED) is 0.852. The van der Waals surface area contributed by atoms with Gasteiger partial charge in [0.25, 0.3) is 0 Å². The van der Waals surface area contributed by atoms with Gasteiger partial charge < -0.3 is 9.64 Å². The van der Waals surface area contributed by atoms with E-state index in [9.17, 15) is 4.79 Å². The van der Waals surface area contributed by atoms with Gasteiger partial charge in [0.05, 0.1) is 12.5 Å². The minimum absolute atomic E-state index is 0.177. The molecule has 0 aliphatic carbocycles. The van der Waals surface area contributed by atoms with Gasteiger partial charge in [0, 0.05) is 44.4 Å². The molecule has 22 heavy (non-hydrogen) atoms. The minimum Gasteiger partial charge on any atom is -0.381 e. The van der Waals surface area contributed by atoms with Gasteiger partial charge in [0.15, 0.2) is 0 Å². The molecule has 2 saturated heterocycles. The van der Waals surface area contributed by atoms with E-state index in [1.54, 1.807) is 7.11 Å². The molecule has 2 aliphatic heterocycles. The van der Waals surface area contributed by atoms with Crippen molar-refractivity contribution in [1.29, 1.82) is 0 Å². The summed E-state index contributed by atoms with van der Waals surface area (Å²) in [6.45, 7) is 3.85. The van der Waals surface area contributed by atoms with E-state index in [1.165, 1.54) is 0 Å². The van der Waals surface area contributed by atoms with Crippen molar-refractivity contribution in [1.82, 2.24) is 9.80 Å². The molecule has 1 amide bonds. The van der Waals surface area contributed by atoms with Crippen molar-refractivity contribution < 1.29 is 9.53 Å². The highest BCUT2D eigenvalue weighted by molar-refractivity contribution is 6.31. The molecule has 0 aromatic heterocycles. The number of halogens is 1. The van der Waals surface area contributed by atoms with E-state index >= 15 is 0 Å². The highest BCUT2D eigenvalue weighted by Crippen LogP contribution is 2.23. The fraction of sp³-hybridized carbons (Fsp3) is 0.588. The van der Waals surface area contributed by atoms with Crippen LogP contribution in [0.4, 0.5) is 0 Å². The third-order valence-corrected chi connectivity index (χ3v) is 5.21. The molecule has 0 spiro atoms. The number of piperidine rings is 1. The molecule has 0 bridgehead atoms. The lowest BCUT2D eigenvalue weighted by Crippen LogP contribution is -2.62. The largest absolute Gasteiger partial charge is 0.381 e. The Morgan fingerprint density at radius 3 is 2.59 bits per heavy atom. The van der Waals surface area contributed by atoms with Crippen molar-refractivity contribution in [3.8, 4) is 0 Å². The molecule has 3 rings (SSSR count). The van der Waals surface area contributed by atoms with Crippen LogP contribution in [-0.4, -0.2) is 61.1 Å². The Bertz CT molecular complexity index is 523. The zero-order valence-corrected chi connectivity index (χ0v) is 13.8. The monoisotopic (exact) mass is 322 g/mol. The van der Waals surface area contributed by atoms with Crippen molar-refractivity contribution in [3.63, 3.8) is 0 Å². The van der Waals surface area contributed by atoms with E-state index < -0.39 is 0 Å². The zero-order valence-electron chi connectivity index (χ0n) is 13.0. The maximum absolute atomic E-state index is 12.3. The highest BCUT2D eigenvalue weighted by atomic mass is 35.5. The average molecular weight is 323 g/mol. The summed E-state index contributed by atoms with van der Waals surface area (Å²) in [4.78, 5) is 16.7. The SMILES string of the molecule is COC1CCN(C2CN(C(=O)Cc3ccccc3Cl)C2)CC1. The van der Waals surface area contributed by atoms with Crippen molar-refractivity contribution in [2.75, 3.05) is 33.3 Å². The van der Waals surface area contributed by atoms with Crippen LogP contribution in [0.1, 0.15) is 18.4 Å². The average Bonchev–Trinajstić information content (AvgIpc) is 2.49. The first-order valence-corrected chi connectivity index (χ1v) is 8.33. The molecule has 2 aliphatic rings. The number of amides is 1. The van der Waals surface area contributed by atoms with E-state index in [1.807, 2.05) is 29.2 Å². The first kappa shape index (κ1) is 15.8. The van der Waals surface area contributed by atoms with Gasteiger partial charge in [-0.3, -0.25) is 9.69 Å². The van der Waals surface area contributed by atoms with Crippen LogP contribution in [0.2, 0.25) is 5.02 Å². The fourth-order valence-electron chi connectivity index (χ4n) is 3.28. The van der Waals surface area contributed by atoms with Crippen LogP contribution in [0.15, 0.2) is 24.3 Å². The fourth-order valence-corrected chi connectivity index (χ4v) is 3.49. The molecule has 1 aromatic carbocycles. The molecule has 120 valence electrons. The van der Waals surface area contributed by atoms with Crippen LogP contribution in [-0.2, 0) is 16.0 Å². The molecule has 2 fully saturated rings. The van der Waals surface area contributed by atoms with E-state index in [0.29, 0.717) is 23.6 Å². The van der Waals surface area contributed by atoms with Gasteiger partial charge >= 0.3 is 0 Å². The number of benzene rings is 1. The number of carbonyl (C=O) groups is 1. The lowest BCUT2D eigenvalue weighted by Gasteiger charge is -2.47. The van der Waals surface area contributed by atoms with Crippen LogP contribution >= 0.6 is 11.6 Å². The second kappa shape index (κ2) is 6.99. The molecule has 1 aromatic rings. The van der Waals surface area contributed by atoms with Gasteiger partial charge in [-0.05, 0) is 24.5 Å². The molecule has 0 saturated carbocycles. The minimum atomic E-state index is 0.177. The van der Waals surface area contributed by atoms with Crippen molar-refractivity contribution in [2.24, 2.45) is 0 Å². The third-order valence-electron chi connectivity index (χ3n) is 4.84. The van der Waals surface area contributed by atoms with Crippen LogP contribution in [0, 0.1) is 0 Å². The number of nitrogens with zero attached hydrogens (tertiary/aromatic N) is 2. The zero-order chi connectivity index (χ0) is 15.5. The highest BCUT2D eigenvalue weighted by Gasteiger charge is 2.36. The summed E-state index contributed by atoms with van der Waals surface area (Å²) >= 11 is 6.12. The Morgan fingerprint density at radius 2 is 1.95 bits per heavy atom. The lowest BCUT2D eigenvalue weighted by atomic mass is 10.00. The molecular weight excluding hydrogens is 300 g/mol. The predicted molar refractivity (Wildman–Crippen MR) is 87.1 cm³/mol. The van der Waals surface area contributed by atoms with Crippen LogP contribution < -0.4 is 0 Å². The Labute approximate surface area is 137 Å². The Morgan fingerprint density at radius 1 is 1.27 bits per heavy atom. The Hall–Kier alpha value is -1.10. The van der Waals surface area contributed by atoms with Crippen LogP contribution in [0.25, 0.3) is 0 Å². The number of hydrogen-bond acceptors (Lipinski definition) is 3. The number of rotatable bonds is 4. The second-order valence-electron chi connectivity index (χ2n) is 6.19. The summed E-state index contributed by atoms with van der Waals surface area (Å²) in [5, 5.41) is 0.676. The smallest absolute Gasteiger partial charge is 0.227 e. The Balaban J connectivity index is 1.45. The third kappa shape index (κ3) is 3.45. The van der Waals surface area contributed by atoms with Gasteiger partial charge in [0.1, 0.15) is 0 Å². The maximum Gasteiger partial charge on any atom is 0.227 e. The van der Waals surface area contributed by atoms with Gasteiger partial charge in [-0.15, -0.1) is 0 Å². The lowest BCUT2D eigenvalue weighted by molar-refractivity contribution is -0.138. The van der Waals surface area contributed by atoms with Crippen LogP contribution in [0.3, 0.4) is 0 Å². The van der Waals surface area contributed by atoms with E-state index in [2.05, 4.69) is 4.90 Å². The van der Waals surface area contributed by atoms with Crippen molar-refractivity contribution in [2.45, 2.75) is 31.4 Å². The Kier molecular flexibility index (Phi) is 5.01. The predicted octanol–water partition coefficient (Wildman–Crippen LogP) is 2.20. The molecule has 2 heterocycles. The standard InChI is InChI=1S/C17H23ClN2O2/c1-22-15-6-8-19(9-7-15)14-11-20(12-14)17(21)10-13-4-2-3-5-16(13)18/h2-5,14-15H,6-12H2,1H3. The van der Waals surface area contributed by atoms with Crippen molar-refractivity contribution in [3.05, 3.63) is 34.9 Å². The molecule has 0 atom stereocenters. The maximum atomic E-state index is 12.3. The van der Waals surface area contributed by atoms with Gasteiger partial charge in [-0.25, -0.2) is 0 Å². The van der Waals surface area contributed by atoms with E-state index in [0.717, 1.165) is 44.6 Å². The summed E-state index contributed by atoms with van der Waals surface area (Å²) in [6.07, 6.45) is 3.01. The number of hydrogen-bond donors (Lipinski definition) is 0. The van der Waals surface area contributed by atoms with Crippen molar-refractivity contribution >= 4 is 17.5 Å². The number of ether oxygens (including phenoxy) is 1. The van der Waals surface area contributed by atoms with Crippen LogP contribution in [0.5, 0.6) is 0 Å². The van der Waals surface area contributed by atoms with Gasteiger partial charge in [0.2, 0.25) is 5.91 Å². The number of carbonyl (C=O) groups excluding carboxylic acids is 1.